The van der Waals surface area contributed by atoms with Crippen LogP contribution in [-0.2, 0) is 4.79 Å². The van der Waals surface area contributed by atoms with Crippen LogP contribution in [0.15, 0.2) is 5.16 Å². The topological polar surface area (TPSA) is 84.0 Å². The van der Waals surface area contributed by atoms with Crippen LogP contribution in [0.1, 0.15) is 23.9 Å². The number of aryl methyl sites for hydroxylation is 2. The van der Waals surface area contributed by atoms with E-state index in [1.54, 1.807) is 6.92 Å². The minimum atomic E-state index is -0.481. The molecule has 2 N–H and O–H groups in total. The lowest BCUT2D eigenvalue weighted by atomic mass is 10.2. The van der Waals surface area contributed by atoms with Crippen LogP contribution in [0, 0.1) is 20.8 Å². The van der Waals surface area contributed by atoms with Gasteiger partial charge in [0.1, 0.15) is 0 Å². The maximum Gasteiger partial charge on any atom is 0.321 e. The number of carbonyl (C=O) groups excluding carboxylic acids is 2. The highest BCUT2D eigenvalue weighted by Crippen LogP contribution is 2.16. The van der Waals surface area contributed by atoms with Crippen molar-refractivity contribution < 1.29 is 9.59 Å². The molecule has 0 bridgehead atoms. The van der Waals surface area contributed by atoms with E-state index in [1.807, 2.05) is 20.8 Å². The van der Waals surface area contributed by atoms with E-state index in [4.69, 9.17) is 0 Å². The fourth-order valence-corrected chi connectivity index (χ4v) is 2.04. The van der Waals surface area contributed by atoms with E-state index >= 15 is 0 Å². The quantitative estimate of drug-likeness (QED) is 0.643. The first-order chi connectivity index (χ1) is 8.93. The molecule has 0 spiro atoms. The smallest absolute Gasteiger partial charge is 0.321 e. The average molecular weight is 282 g/mol. The number of imide groups is 1. The fourth-order valence-electron chi connectivity index (χ4n) is 1.30. The van der Waals surface area contributed by atoms with Crippen molar-refractivity contribution in [3.63, 3.8) is 0 Å². The number of hydrogen-bond acceptors (Lipinski definition) is 5. The summed E-state index contributed by atoms with van der Waals surface area (Å²) >= 11 is 1.21. The molecule has 0 aliphatic carbocycles. The minimum Gasteiger partial charge on any atom is -0.338 e. The van der Waals surface area contributed by atoms with Crippen molar-refractivity contribution >= 4 is 23.7 Å². The second-order valence-corrected chi connectivity index (χ2v) is 4.94. The van der Waals surface area contributed by atoms with Crippen molar-refractivity contribution in [3.8, 4) is 0 Å². The zero-order chi connectivity index (χ0) is 14.4. The third-order valence-electron chi connectivity index (χ3n) is 2.53. The van der Waals surface area contributed by atoms with Gasteiger partial charge in [-0.1, -0.05) is 11.8 Å². The van der Waals surface area contributed by atoms with Gasteiger partial charge < -0.3 is 5.32 Å². The van der Waals surface area contributed by atoms with Crippen LogP contribution < -0.4 is 10.6 Å². The summed E-state index contributed by atoms with van der Waals surface area (Å²) in [6.45, 7) is 8.03. The second kappa shape index (κ2) is 7.08. The Balaban J connectivity index is 2.53. The van der Waals surface area contributed by atoms with Crippen molar-refractivity contribution in [2.75, 3.05) is 12.3 Å². The van der Waals surface area contributed by atoms with Crippen LogP contribution in [0.2, 0.25) is 0 Å². The lowest BCUT2D eigenvalue weighted by Crippen LogP contribution is -2.40. The number of nitrogens with one attached hydrogen (secondary N) is 2. The van der Waals surface area contributed by atoms with Gasteiger partial charge >= 0.3 is 6.03 Å². The third kappa shape index (κ3) is 4.86. The summed E-state index contributed by atoms with van der Waals surface area (Å²) in [5, 5.41) is 5.26. The number of aromatic nitrogens is 2. The van der Waals surface area contributed by atoms with Crippen LogP contribution in [0.3, 0.4) is 0 Å². The molecule has 104 valence electrons. The summed E-state index contributed by atoms with van der Waals surface area (Å²) in [7, 11) is 0. The Morgan fingerprint density at radius 2 is 1.74 bits per heavy atom. The molecule has 1 heterocycles. The zero-order valence-electron chi connectivity index (χ0n) is 11.5. The molecule has 1 aromatic heterocycles. The molecule has 6 nitrogen and oxygen atoms in total. The zero-order valence-corrected chi connectivity index (χ0v) is 12.3. The van der Waals surface area contributed by atoms with E-state index in [1.165, 1.54) is 11.8 Å². The van der Waals surface area contributed by atoms with Crippen LogP contribution in [0.25, 0.3) is 0 Å². The Labute approximate surface area is 116 Å². The molecule has 0 atom stereocenters. The number of hydrogen-bond donors (Lipinski definition) is 2. The molecule has 0 aliphatic heterocycles. The van der Waals surface area contributed by atoms with Gasteiger partial charge in [0, 0.05) is 17.9 Å². The van der Waals surface area contributed by atoms with Crippen LogP contribution in [0.4, 0.5) is 4.79 Å². The van der Waals surface area contributed by atoms with E-state index in [2.05, 4.69) is 20.6 Å². The molecule has 0 saturated heterocycles. The summed E-state index contributed by atoms with van der Waals surface area (Å²) < 4.78 is 0. The molecule has 1 rings (SSSR count). The number of urea groups is 1. The van der Waals surface area contributed by atoms with Crippen molar-refractivity contribution in [2.45, 2.75) is 32.9 Å². The Hall–Kier alpha value is -1.63. The summed E-state index contributed by atoms with van der Waals surface area (Å²) in [5.41, 5.74) is 2.86. The van der Waals surface area contributed by atoms with Crippen LogP contribution >= 0.6 is 11.8 Å². The maximum atomic E-state index is 11.5. The Morgan fingerprint density at radius 3 is 2.26 bits per heavy atom. The highest BCUT2D eigenvalue weighted by Gasteiger charge is 2.10. The highest BCUT2D eigenvalue weighted by atomic mass is 32.2. The first kappa shape index (κ1) is 15.4. The third-order valence-corrected chi connectivity index (χ3v) is 3.38. The first-order valence-corrected chi connectivity index (χ1v) is 6.95. The number of rotatable bonds is 4. The summed E-state index contributed by atoms with van der Waals surface area (Å²) in [5.74, 6) is -0.255. The monoisotopic (exact) mass is 282 g/mol. The number of nitrogens with zero attached hydrogens (tertiary/aromatic N) is 2. The molecule has 3 amide bonds. The van der Waals surface area contributed by atoms with Crippen molar-refractivity contribution in [1.82, 2.24) is 20.6 Å². The van der Waals surface area contributed by atoms with Gasteiger partial charge in [0.2, 0.25) is 5.91 Å². The van der Waals surface area contributed by atoms with Gasteiger partial charge in [-0.3, -0.25) is 10.1 Å². The predicted molar refractivity (Wildman–Crippen MR) is 74.2 cm³/mol. The molecular weight excluding hydrogens is 264 g/mol. The average Bonchev–Trinajstić information content (AvgIpc) is 2.33. The van der Waals surface area contributed by atoms with E-state index < -0.39 is 6.03 Å². The summed E-state index contributed by atoms with van der Waals surface area (Å²) in [4.78, 5) is 31.2. The molecule has 19 heavy (non-hydrogen) atoms. The molecule has 0 radical (unpaired) electrons. The molecule has 0 unspecified atom stereocenters. The van der Waals surface area contributed by atoms with E-state index in [-0.39, 0.29) is 11.7 Å². The molecule has 0 aromatic carbocycles. The Morgan fingerprint density at radius 1 is 1.16 bits per heavy atom. The van der Waals surface area contributed by atoms with Gasteiger partial charge in [-0.25, -0.2) is 14.8 Å². The van der Waals surface area contributed by atoms with E-state index in [0.717, 1.165) is 17.0 Å². The normalized spacial score (nSPS) is 10.1. The standard InChI is InChI=1S/C12H18N4O2S/c1-5-13-11(18)16-10(17)6-19-12-14-8(3)7(2)9(4)15-12/h5-6H2,1-4H3,(H2,13,16,17,18). The molecular formula is C12H18N4O2S. The van der Waals surface area contributed by atoms with Crippen molar-refractivity contribution in [1.29, 1.82) is 0 Å². The van der Waals surface area contributed by atoms with E-state index in [9.17, 15) is 9.59 Å². The lowest BCUT2D eigenvalue weighted by Gasteiger charge is -2.07. The van der Waals surface area contributed by atoms with Crippen LogP contribution in [0.5, 0.6) is 0 Å². The Kier molecular flexibility index (Phi) is 5.75. The maximum absolute atomic E-state index is 11.5. The second-order valence-electron chi connectivity index (χ2n) is 4.00. The van der Waals surface area contributed by atoms with E-state index in [0.29, 0.717) is 11.7 Å². The van der Waals surface area contributed by atoms with Gasteiger partial charge in [0.25, 0.3) is 0 Å². The lowest BCUT2D eigenvalue weighted by molar-refractivity contribution is -0.117. The summed E-state index contributed by atoms with van der Waals surface area (Å²) in [6, 6.07) is -0.481. The minimum absolute atomic E-state index is 0.110. The SMILES string of the molecule is CCNC(=O)NC(=O)CSc1nc(C)c(C)c(C)n1. The van der Waals surface area contributed by atoms with Gasteiger partial charge in [0.15, 0.2) is 5.16 Å². The van der Waals surface area contributed by atoms with Gasteiger partial charge in [-0.05, 0) is 33.3 Å². The summed E-state index contributed by atoms with van der Waals surface area (Å²) in [6.07, 6.45) is 0. The predicted octanol–water partition coefficient (Wildman–Crippen LogP) is 1.34. The fraction of sp³-hybridized carbons (Fsp3) is 0.500. The highest BCUT2D eigenvalue weighted by molar-refractivity contribution is 7.99. The van der Waals surface area contributed by atoms with Gasteiger partial charge in [-0.2, -0.15) is 0 Å². The van der Waals surface area contributed by atoms with Crippen molar-refractivity contribution in [3.05, 3.63) is 17.0 Å². The molecule has 7 heteroatoms. The van der Waals surface area contributed by atoms with Crippen LogP contribution in [-0.4, -0.2) is 34.2 Å². The Bertz CT molecular complexity index is 468. The molecule has 0 saturated carbocycles. The first-order valence-electron chi connectivity index (χ1n) is 5.96. The molecule has 1 aromatic rings. The van der Waals surface area contributed by atoms with Gasteiger partial charge in [-0.15, -0.1) is 0 Å². The number of thioether (sulfide) groups is 1. The molecule has 0 aliphatic rings. The largest absolute Gasteiger partial charge is 0.338 e. The van der Waals surface area contributed by atoms with Crippen molar-refractivity contribution in [2.24, 2.45) is 0 Å². The molecule has 0 fully saturated rings. The number of amides is 3. The van der Waals surface area contributed by atoms with Gasteiger partial charge in [0.05, 0.1) is 5.75 Å². The number of carbonyl (C=O) groups is 2.